The molecule has 2 unspecified atom stereocenters. The van der Waals surface area contributed by atoms with E-state index < -0.39 is 0 Å². The van der Waals surface area contributed by atoms with Gasteiger partial charge >= 0.3 is 0 Å². The zero-order valence-electron chi connectivity index (χ0n) is 15.5. The van der Waals surface area contributed by atoms with Gasteiger partial charge in [0.05, 0.1) is 18.3 Å². The summed E-state index contributed by atoms with van der Waals surface area (Å²) in [6.07, 6.45) is 2.12. The van der Waals surface area contributed by atoms with Crippen molar-refractivity contribution in [2.45, 2.75) is 31.4 Å². The molecule has 1 fully saturated rings. The van der Waals surface area contributed by atoms with Crippen molar-refractivity contribution in [3.05, 3.63) is 71.5 Å². The van der Waals surface area contributed by atoms with Gasteiger partial charge in [-0.1, -0.05) is 42.5 Å². The predicted octanol–water partition coefficient (Wildman–Crippen LogP) is 2.90. The van der Waals surface area contributed by atoms with E-state index in [4.69, 9.17) is 4.74 Å². The summed E-state index contributed by atoms with van der Waals surface area (Å²) >= 11 is 0. The summed E-state index contributed by atoms with van der Waals surface area (Å²) in [5.74, 6) is 0.865. The van der Waals surface area contributed by atoms with E-state index in [0.717, 1.165) is 44.0 Å². The molecule has 6 heteroatoms. The number of hydrogen-bond donors (Lipinski definition) is 0. The zero-order chi connectivity index (χ0) is 18.3. The lowest BCUT2D eigenvalue weighted by atomic mass is 9.93. The lowest BCUT2D eigenvalue weighted by molar-refractivity contribution is -0.123. The average molecular weight is 361 g/mol. The minimum absolute atomic E-state index is 0.105. The first-order valence-corrected chi connectivity index (χ1v) is 9.57. The van der Waals surface area contributed by atoms with Crippen LogP contribution in [0.4, 0.5) is 0 Å². The number of morpholine rings is 1. The van der Waals surface area contributed by atoms with Gasteiger partial charge in [-0.25, -0.2) is 0 Å². The van der Waals surface area contributed by atoms with E-state index in [1.54, 1.807) is 0 Å². The molecule has 1 aliphatic heterocycles. The van der Waals surface area contributed by atoms with Gasteiger partial charge in [-0.2, -0.15) is 4.68 Å². The fourth-order valence-corrected chi connectivity index (χ4v) is 4.48. The van der Waals surface area contributed by atoms with Crippen LogP contribution in [0, 0.1) is 0 Å². The second-order valence-corrected chi connectivity index (χ2v) is 7.43. The van der Waals surface area contributed by atoms with Gasteiger partial charge in [0.25, 0.3) is 0 Å². The van der Waals surface area contributed by atoms with E-state index in [9.17, 15) is 0 Å². The van der Waals surface area contributed by atoms with Crippen LogP contribution in [0.2, 0.25) is 0 Å². The monoisotopic (exact) mass is 361 g/mol. The van der Waals surface area contributed by atoms with Gasteiger partial charge in [0, 0.05) is 13.1 Å². The van der Waals surface area contributed by atoms with Crippen LogP contribution in [0.1, 0.15) is 36.3 Å². The lowest BCUT2D eigenvalue weighted by Crippen LogP contribution is -2.49. The maximum absolute atomic E-state index is 6.37. The molecule has 1 aliphatic carbocycles. The van der Waals surface area contributed by atoms with Crippen LogP contribution < -0.4 is 0 Å². The van der Waals surface area contributed by atoms with Crippen LogP contribution in [-0.2, 0) is 16.8 Å². The number of para-hydroxylation sites is 1. The molecule has 0 radical (unpaired) electrons. The van der Waals surface area contributed by atoms with Crippen LogP contribution in [-0.4, -0.2) is 44.8 Å². The molecule has 1 aromatic heterocycles. The number of aromatic nitrogens is 4. The number of hydrogen-bond acceptors (Lipinski definition) is 5. The first-order valence-electron chi connectivity index (χ1n) is 9.57. The Labute approximate surface area is 158 Å². The molecule has 1 saturated heterocycles. The molecular formula is C21H23N5O. The van der Waals surface area contributed by atoms with Gasteiger partial charge in [-0.3, -0.25) is 4.90 Å². The van der Waals surface area contributed by atoms with Crippen molar-refractivity contribution in [1.29, 1.82) is 0 Å². The van der Waals surface area contributed by atoms with E-state index in [2.05, 4.69) is 51.6 Å². The molecule has 138 valence electrons. The van der Waals surface area contributed by atoms with Crippen molar-refractivity contribution in [3.8, 4) is 5.69 Å². The van der Waals surface area contributed by atoms with Crippen molar-refractivity contribution in [2.75, 3.05) is 19.7 Å². The highest BCUT2D eigenvalue weighted by Gasteiger charge is 2.44. The normalized spacial score (nSPS) is 23.4. The molecule has 27 heavy (non-hydrogen) atoms. The highest BCUT2D eigenvalue weighted by atomic mass is 16.5. The summed E-state index contributed by atoms with van der Waals surface area (Å²) in [4.78, 5) is 2.46. The third-order valence-corrected chi connectivity index (χ3v) is 5.94. The number of rotatable bonds is 3. The molecule has 3 aromatic rings. The number of fused-ring (bicyclic) bond motifs is 2. The molecule has 2 atom stereocenters. The van der Waals surface area contributed by atoms with Crippen LogP contribution >= 0.6 is 0 Å². The lowest BCUT2D eigenvalue weighted by Gasteiger charge is -2.43. The minimum Gasteiger partial charge on any atom is -0.368 e. The predicted molar refractivity (Wildman–Crippen MR) is 102 cm³/mol. The molecule has 2 aromatic carbocycles. The van der Waals surface area contributed by atoms with Crippen LogP contribution in [0.3, 0.4) is 0 Å². The first-order chi connectivity index (χ1) is 13.3. The summed E-state index contributed by atoms with van der Waals surface area (Å²) in [7, 11) is 0. The largest absolute Gasteiger partial charge is 0.368 e. The zero-order valence-corrected chi connectivity index (χ0v) is 15.5. The molecule has 5 rings (SSSR count). The SMILES string of the molecule is CC(c1nnnn1-c1ccccc1)N1CCOC2(CCc3ccccc32)C1. The molecule has 0 saturated carbocycles. The standard InChI is InChI=1S/C21H23N5O/c1-16(20-22-23-24-26(20)18-8-3-2-4-9-18)25-13-14-27-21(15-25)12-11-17-7-5-6-10-19(17)21/h2-10,16H,11-15H2,1H3. The smallest absolute Gasteiger partial charge is 0.173 e. The molecule has 1 spiro atoms. The van der Waals surface area contributed by atoms with Crippen molar-refractivity contribution < 1.29 is 4.74 Å². The Balaban J connectivity index is 1.44. The third-order valence-electron chi connectivity index (χ3n) is 5.94. The maximum Gasteiger partial charge on any atom is 0.173 e. The molecule has 6 nitrogen and oxygen atoms in total. The Bertz CT molecular complexity index is 937. The Morgan fingerprint density at radius 3 is 2.78 bits per heavy atom. The van der Waals surface area contributed by atoms with Crippen LogP contribution in [0.25, 0.3) is 5.69 Å². The van der Waals surface area contributed by atoms with Gasteiger partial charge in [0.15, 0.2) is 5.82 Å². The number of nitrogens with zero attached hydrogens (tertiary/aromatic N) is 5. The summed E-state index contributed by atoms with van der Waals surface area (Å²) in [5, 5.41) is 12.5. The summed E-state index contributed by atoms with van der Waals surface area (Å²) < 4.78 is 8.21. The van der Waals surface area contributed by atoms with Crippen molar-refractivity contribution in [2.24, 2.45) is 0 Å². The van der Waals surface area contributed by atoms with E-state index >= 15 is 0 Å². The van der Waals surface area contributed by atoms with Crippen molar-refractivity contribution >= 4 is 0 Å². The Hall–Kier alpha value is -2.57. The fourth-order valence-electron chi connectivity index (χ4n) is 4.48. The van der Waals surface area contributed by atoms with Gasteiger partial charge in [0.1, 0.15) is 5.60 Å². The van der Waals surface area contributed by atoms with Gasteiger partial charge in [-0.15, -0.1) is 5.10 Å². The fraction of sp³-hybridized carbons (Fsp3) is 0.381. The van der Waals surface area contributed by atoms with E-state index in [0.29, 0.717) is 0 Å². The second-order valence-electron chi connectivity index (χ2n) is 7.43. The average Bonchev–Trinajstić information content (AvgIpc) is 3.35. The van der Waals surface area contributed by atoms with Crippen LogP contribution in [0.15, 0.2) is 54.6 Å². The minimum atomic E-state index is -0.200. The number of benzene rings is 2. The van der Waals surface area contributed by atoms with E-state index in [1.165, 1.54) is 11.1 Å². The first kappa shape index (κ1) is 16.6. The summed E-state index contributed by atoms with van der Waals surface area (Å²) in [6.45, 7) is 4.66. The van der Waals surface area contributed by atoms with Crippen molar-refractivity contribution in [3.63, 3.8) is 0 Å². The molecule has 0 bridgehead atoms. The summed E-state index contributed by atoms with van der Waals surface area (Å²) in [6, 6.07) is 18.9. The highest BCUT2D eigenvalue weighted by Crippen LogP contribution is 2.43. The molecule has 2 heterocycles. The number of ether oxygens (including phenoxy) is 1. The second kappa shape index (κ2) is 6.55. The highest BCUT2D eigenvalue weighted by molar-refractivity contribution is 5.38. The Morgan fingerprint density at radius 2 is 1.89 bits per heavy atom. The maximum atomic E-state index is 6.37. The Morgan fingerprint density at radius 1 is 1.07 bits per heavy atom. The third kappa shape index (κ3) is 2.76. The number of tetrazole rings is 1. The quantitative estimate of drug-likeness (QED) is 0.718. The van der Waals surface area contributed by atoms with E-state index in [-0.39, 0.29) is 11.6 Å². The van der Waals surface area contributed by atoms with Gasteiger partial charge in [-0.05, 0) is 53.5 Å². The van der Waals surface area contributed by atoms with E-state index in [1.807, 2.05) is 35.0 Å². The van der Waals surface area contributed by atoms with Crippen LogP contribution in [0.5, 0.6) is 0 Å². The molecule has 2 aliphatic rings. The molecule has 0 N–H and O–H groups in total. The molecule has 0 amide bonds. The van der Waals surface area contributed by atoms with Crippen molar-refractivity contribution in [1.82, 2.24) is 25.1 Å². The Kier molecular flexibility index (Phi) is 4.02. The van der Waals surface area contributed by atoms with Gasteiger partial charge in [0.2, 0.25) is 0 Å². The summed E-state index contributed by atoms with van der Waals surface area (Å²) in [5.41, 5.74) is 3.55. The van der Waals surface area contributed by atoms with Gasteiger partial charge < -0.3 is 4.74 Å². The molecular weight excluding hydrogens is 338 g/mol. The number of aryl methyl sites for hydroxylation is 1. The topological polar surface area (TPSA) is 56.1 Å².